The highest BCUT2D eigenvalue weighted by Gasteiger charge is 2.24. The first-order valence-corrected chi connectivity index (χ1v) is 6.69. The number of amides is 1. The highest BCUT2D eigenvalue weighted by atomic mass is 16.2. The maximum absolute atomic E-state index is 12.2. The summed E-state index contributed by atoms with van der Waals surface area (Å²) in [5, 5.41) is 0. The van der Waals surface area contributed by atoms with Crippen molar-refractivity contribution in [3.8, 4) is 0 Å². The Bertz CT molecular complexity index is 422. The zero-order valence-corrected chi connectivity index (χ0v) is 11.3. The lowest BCUT2D eigenvalue weighted by atomic mass is 10.0. The van der Waals surface area contributed by atoms with Crippen LogP contribution >= 0.6 is 0 Å². The fourth-order valence-electron chi connectivity index (χ4n) is 2.58. The van der Waals surface area contributed by atoms with Gasteiger partial charge in [0, 0.05) is 13.1 Å². The van der Waals surface area contributed by atoms with Crippen LogP contribution in [0.3, 0.4) is 0 Å². The quantitative estimate of drug-likeness (QED) is 0.869. The number of nitrogens with zero attached hydrogens (tertiary/aromatic N) is 1. The molecule has 0 saturated carbocycles. The van der Waals surface area contributed by atoms with Crippen molar-refractivity contribution in [1.29, 1.82) is 0 Å². The highest BCUT2D eigenvalue weighted by molar-refractivity contribution is 5.81. The van der Waals surface area contributed by atoms with Crippen LogP contribution in [0.1, 0.15) is 36.0 Å². The van der Waals surface area contributed by atoms with Crippen molar-refractivity contribution in [2.45, 2.75) is 45.7 Å². The van der Waals surface area contributed by atoms with Crippen molar-refractivity contribution in [3.63, 3.8) is 0 Å². The highest BCUT2D eigenvalue weighted by Crippen LogP contribution is 2.19. The second-order valence-electron chi connectivity index (χ2n) is 5.23. The molecule has 1 aliphatic rings. The van der Waals surface area contributed by atoms with Gasteiger partial charge in [0.05, 0.1) is 6.04 Å². The second kappa shape index (κ2) is 5.53. The summed E-state index contributed by atoms with van der Waals surface area (Å²) in [7, 11) is 0. The van der Waals surface area contributed by atoms with Gasteiger partial charge in [-0.25, -0.2) is 0 Å². The molecule has 3 heteroatoms. The molecule has 0 radical (unpaired) electrons. The zero-order chi connectivity index (χ0) is 13.1. The fraction of sp³-hybridized carbons (Fsp3) is 0.533. The van der Waals surface area contributed by atoms with Gasteiger partial charge in [0.1, 0.15) is 0 Å². The molecule has 0 bridgehead atoms. The Morgan fingerprint density at radius 3 is 2.61 bits per heavy atom. The molecule has 1 fully saturated rings. The van der Waals surface area contributed by atoms with Crippen LogP contribution in [0.5, 0.6) is 0 Å². The summed E-state index contributed by atoms with van der Waals surface area (Å²) in [6.07, 6.45) is 2.93. The van der Waals surface area contributed by atoms with Gasteiger partial charge in [-0.15, -0.1) is 0 Å². The molecule has 1 aromatic rings. The van der Waals surface area contributed by atoms with Crippen LogP contribution < -0.4 is 5.73 Å². The van der Waals surface area contributed by atoms with Gasteiger partial charge < -0.3 is 10.6 Å². The van der Waals surface area contributed by atoms with E-state index < -0.39 is 0 Å². The number of nitrogens with two attached hydrogens (primary N) is 1. The first kappa shape index (κ1) is 13.1. The number of carbonyl (C=O) groups is 1. The van der Waals surface area contributed by atoms with E-state index in [0.717, 1.165) is 25.8 Å². The number of carbonyl (C=O) groups excluding carboxylic acids is 1. The average molecular weight is 246 g/mol. The third-order valence-electron chi connectivity index (χ3n) is 3.82. The Balaban J connectivity index is 2.19. The van der Waals surface area contributed by atoms with Crippen LogP contribution in [0.2, 0.25) is 0 Å². The van der Waals surface area contributed by atoms with E-state index in [9.17, 15) is 4.79 Å². The molecule has 1 heterocycles. The van der Waals surface area contributed by atoms with Crippen molar-refractivity contribution in [3.05, 3.63) is 34.9 Å². The van der Waals surface area contributed by atoms with E-state index in [4.69, 9.17) is 5.73 Å². The van der Waals surface area contributed by atoms with E-state index >= 15 is 0 Å². The van der Waals surface area contributed by atoms with Crippen molar-refractivity contribution < 1.29 is 4.79 Å². The normalized spacial score (nSPS) is 20.9. The molecule has 1 atom stereocenters. The number of hydrogen-bond donors (Lipinski definition) is 1. The number of likely N-dealkylation sites (tertiary alicyclic amines) is 1. The minimum Gasteiger partial charge on any atom is -0.337 e. The van der Waals surface area contributed by atoms with Gasteiger partial charge in [0.2, 0.25) is 5.91 Å². The molecule has 1 saturated heterocycles. The molecule has 2 rings (SSSR count). The largest absolute Gasteiger partial charge is 0.337 e. The van der Waals surface area contributed by atoms with Gasteiger partial charge in [-0.05, 0) is 49.8 Å². The molecule has 1 amide bonds. The lowest BCUT2D eigenvalue weighted by Crippen LogP contribution is -2.42. The molecule has 0 aromatic heterocycles. The summed E-state index contributed by atoms with van der Waals surface area (Å²) in [6, 6.07) is 5.95. The number of aryl methyl sites for hydroxylation is 2. The molecule has 2 N–H and O–H groups in total. The minimum absolute atomic E-state index is 0.107. The Morgan fingerprint density at radius 1 is 1.28 bits per heavy atom. The van der Waals surface area contributed by atoms with Gasteiger partial charge in [-0.3, -0.25) is 4.79 Å². The molecule has 18 heavy (non-hydrogen) atoms. The molecule has 3 nitrogen and oxygen atoms in total. The Labute approximate surface area is 109 Å². The Morgan fingerprint density at radius 2 is 1.94 bits per heavy atom. The molecular formula is C15H22N2O. The minimum atomic E-state index is -0.308. The van der Waals surface area contributed by atoms with Crippen LogP contribution in [0.4, 0.5) is 0 Å². The number of hydrogen-bond acceptors (Lipinski definition) is 2. The van der Waals surface area contributed by atoms with Crippen LogP contribution in [-0.4, -0.2) is 23.4 Å². The van der Waals surface area contributed by atoms with Crippen molar-refractivity contribution >= 4 is 5.91 Å². The van der Waals surface area contributed by atoms with Crippen LogP contribution in [0, 0.1) is 13.8 Å². The fourth-order valence-corrected chi connectivity index (χ4v) is 2.58. The van der Waals surface area contributed by atoms with Crippen molar-refractivity contribution in [1.82, 2.24) is 4.90 Å². The first-order chi connectivity index (χ1) is 8.59. The van der Waals surface area contributed by atoms with Gasteiger partial charge in [-0.1, -0.05) is 18.2 Å². The predicted molar refractivity (Wildman–Crippen MR) is 73.2 cm³/mol. The van der Waals surface area contributed by atoms with Gasteiger partial charge >= 0.3 is 0 Å². The number of rotatable bonds is 2. The summed E-state index contributed by atoms with van der Waals surface area (Å²) in [5.41, 5.74) is 9.67. The van der Waals surface area contributed by atoms with E-state index in [1.54, 1.807) is 0 Å². The maximum Gasteiger partial charge on any atom is 0.239 e. The summed E-state index contributed by atoms with van der Waals surface area (Å²) in [6.45, 7) is 5.74. The van der Waals surface area contributed by atoms with Crippen molar-refractivity contribution in [2.24, 2.45) is 5.73 Å². The van der Waals surface area contributed by atoms with Crippen LogP contribution in [0.15, 0.2) is 18.2 Å². The second-order valence-corrected chi connectivity index (χ2v) is 5.23. The van der Waals surface area contributed by atoms with Crippen molar-refractivity contribution in [2.75, 3.05) is 6.54 Å². The molecule has 98 valence electrons. The molecule has 1 aromatic carbocycles. The third-order valence-corrected chi connectivity index (χ3v) is 3.82. The predicted octanol–water partition coefficient (Wildman–Crippen LogP) is 2.14. The first-order valence-electron chi connectivity index (χ1n) is 6.69. The maximum atomic E-state index is 12.2. The van der Waals surface area contributed by atoms with E-state index in [-0.39, 0.29) is 11.9 Å². The Hall–Kier alpha value is -1.35. The van der Waals surface area contributed by atoms with Crippen LogP contribution in [0.25, 0.3) is 0 Å². The van der Waals surface area contributed by atoms with Gasteiger partial charge in [0.15, 0.2) is 0 Å². The topological polar surface area (TPSA) is 46.3 Å². The molecule has 0 spiro atoms. The zero-order valence-electron chi connectivity index (χ0n) is 11.3. The van der Waals surface area contributed by atoms with E-state index in [2.05, 4.69) is 32.0 Å². The van der Waals surface area contributed by atoms with E-state index in [0.29, 0.717) is 6.54 Å². The molecular weight excluding hydrogens is 224 g/mol. The average Bonchev–Trinajstić information content (AvgIpc) is 2.49. The molecule has 1 aliphatic heterocycles. The lowest BCUT2D eigenvalue weighted by molar-refractivity contribution is -0.132. The number of benzene rings is 1. The summed E-state index contributed by atoms with van der Waals surface area (Å²) < 4.78 is 0. The van der Waals surface area contributed by atoms with Crippen LogP contribution in [-0.2, 0) is 11.3 Å². The van der Waals surface area contributed by atoms with Gasteiger partial charge in [-0.2, -0.15) is 0 Å². The summed E-state index contributed by atoms with van der Waals surface area (Å²) >= 11 is 0. The van der Waals surface area contributed by atoms with E-state index in [1.807, 2.05) is 4.90 Å². The summed E-state index contributed by atoms with van der Waals surface area (Å²) in [4.78, 5) is 14.1. The monoisotopic (exact) mass is 246 g/mol. The van der Waals surface area contributed by atoms with Gasteiger partial charge in [0.25, 0.3) is 0 Å². The Kier molecular flexibility index (Phi) is 4.02. The molecule has 0 unspecified atom stereocenters. The standard InChI is InChI=1S/C15H22N2O/c1-11-6-5-7-12(2)13(11)10-17-9-4-3-8-14(16)15(17)18/h5-7,14H,3-4,8-10,16H2,1-2H3/t14-/m1/s1. The smallest absolute Gasteiger partial charge is 0.239 e. The van der Waals surface area contributed by atoms with E-state index in [1.165, 1.54) is 16.7 Å². The molecule has 0 aliphatic carbocycles. The lowest BCUT2D eigenvalue weighted by Gasteiger charge is -2.24. The third kappa shape index (κ3) is 2.72. The SMILES string of the molecule is Cc1cccc(C)c1CN1CCCC[C@@H](N)C1=O. The summed E-state index contributed by atoms with van der Waals surface area (Å²) in [5.74, 6) is 0.107.